The van der Waals surface area contributed by atoms with Gasteiger partial charge in [0.2, 0.25) is 5.91 Å². The standard InChI is InChI=1S/C10H17N5O2/c1-5(2)13-9(16)6(3)14-10(17)7-4-12-15-8(7)11/h4-6H,1-3H3,(H,13,16)(H,14,17)(H3,11,12,15). The lowest BCUT2D eigenvalue weighted by Gasteiger charge is -2.15. The van der Waals surface area contributed by atoms with E-state index < -0.39 is 11.9 Å². The maximum atomic E-state index is 11.7. The Balaban J connectivity index is 2.57. The molecule has 0 aliphatic rings. The van der Waals surface area contributed by atoms with Gasteiger partial charge in [-0.25, -0.2) is 0 Å². The lowest BCUT2D eigenvalue weighted by molar-refractivity contribution is -0.123. The fourth-order valence-electron chi connectivity index (χ4n) is 1.23. The number of carbonyl (C=O) groups excluding carboxylic acids is 2. The lowest BCUT2D eigenvalue weighted by Crippen LogP contribution is -2.46. The van der Waals surface area contributed by atoms with Crippen molar-refractivity contribution in [3.05, 3.63) is 11.8 Å². The number of hydrogen-bond donors (Lipinski definition) is 4. The SMILES string of the molecule is CC(C)NC(=O)C(C)NC(=O)c1cn[nH]c1N. The fourth-order valence-corrected chi connectivity index (χ4v) is 1.23. The Bertz CT molecular complexity index is 413. The van der Waals surface area contributed by atoms with Gasteiger partial charge in [-0.05, 0) is 20.8 Å². The molecule has 1 atom stereocenters. The van der Waals surface area contributed by atoms with E-state index in [1.165, 1.54) is 6.20 Å². The van der Waals surface area contributed by atoms with E-state index in [0.717, 1.165) is 0 Å². The molecule has 0 aromatic carbocycles. The van der Waals surface area contributed by atoms with Crippen LogP contribution in [0, 0.1) is 0 Å². The van der Waals surface area contributed by atoms with Crippen LogP contribution in [0.15, 0.2) is 6.20 Å². The molecule has 7 heteroatoms. The normalized spacial score (nSPS) is 12.2. The molecule has 0 saturated heterocycles. The first-order valence-electron chi connectivity index (χ1n) is 5.32. The molecule has 0 spiro atoms. The van der Waals surface area contributed by atoms with Crippen molar-refractivity contribution in [2.24, 2.45) is 0 Å². The number of H-pyrrole nitrogens is 1. The van der Waals surface area contributed by atoms with Gasteiger partial charge in [0.1, 0.15) is 17.4 Å². The molecule has 0 saturated carbocycles. The molecule has 0 radical (unpaired) electrons. The molecule has 0 fully saturated rings. The Morgan fingerprint density at radius 2 is 2.00 bits per heavy atom. The highest BCUT2D eigenvalue weighted by Gasteiger charge is 2.19. The second kappa shape index (κ2) is 5.33. The third-order valence-electron chi connectivity index (χ3n) is 2.09. The summed E-state index contributed by atoms with van der Waals surface area (Å²) in [6.07, 6.45) is 1.32. The van der Waals surface area contributed by atoms with Crippen molar-refractivity contribution in [2.45, 2.75) is 32.9 Å². The van der Waals surface area contributed by atoms with E-state index in [2.05, 4.69) is 20.8 Å². The molecule has 1 heterocycles. The molecule has 0 aliphatic heterocycles. The van der Waals surface area contributed by atoms with Crippen LogP contribution in [0.5, 0.6) is 0 Å². The van der Waals surface area contributed by atoms with Crippen LogP contribution >= 0.6 is 0 Å². The van der Waals surface area contributed by atoms with E-state index in [1.54, 1.807) is 6.92 Å². The molecule has 1 aromatic rings. The van der Waals surface area contributed by atoms with Crippen molar-refractivity contribution < 1.29 is 9.59 Å². The largest absolute Gasteiger partial charge is 0.383 e. The Hall–Kier alpha value is -2.05. The van der Waals surface area contributed by atoms with Crippen LogP contribution in [0.2, 0.25) is 0 Å². The predicted molar refractivity (Wildman–Crippen MR) is 63.2 cm³/mol. The lowest BCUT2D eigenvalue weighted by atomic mass is 10.2. The summed E-state index contributed by atoms with van der Waals surface area (Å²) in [4.78, 5) is 23.3. The van der Waals surface area contributed by atoms with Gasteiger partial charge in [-0.1, -0.05) is 0 Å². The zero-order valence-corrected chi connectivity index (χ0v) is 10.1. The summed E-state index contributed by atoms with van der Waals surface area (Å²) in [5.74, 6) is -0.489. The summed E-state index contributed by atoms with van der Waals surface area (Å²) in [6, 6.07) is -0.597. The van der Waals surface area contributed by atoms with E-state index in [-0.39, 0.29) is 23.3 Å². The maximum Gasteiger partial charge on any atom is 0.257 e. The summed E-state index contributed by atoms with van der Waals surface area (Å²) < 4.78 is 0. The van der Waals surface area contributed by atoms with Crippen LogP contribution in [0.25, 0.3) is 0 Å². The zero-order valence-electron chi connectivity index (χ0n) is 10.1. The van der Waals surface area contributed by atoms with Crippen LogP contribution in [-0.4, -0.2) is 34.1 Å². The number of carbonyl (C=O) groups is 2. The topological polar surface area (TPSA) is 113 Å². The molecule has 1 aromatic heterocycles. The smallest absolute Gasteiger partial charge is 0.257 e. The number of nitrogen functional groups attached to an aromatic ring is 1. The molecule has 94 valence electrons. The van der Waals surface area contributed by atoms with Gasteiger partial charge >= 0.3 is 0 Å². The first-order valence-corrected chi connectivity index (χ1v) is 5.32. The minimum Gasteiger partial charge on any atom is -0.383 e. The number of anilines is 1. The van der Waals surface area contributed by atoms with Crippen LogP contribution in [-0.2, 0) is 4.79 Å². The highest BCUT2D eigenvalue weighted by atomic mass is 16.2. The summed E-state index contributed by atoms with van der Waals surface area (Å²) in [7, 11) is 0. The highest BCUT2D eigenvalue weighted by Crippen LogP contribution is 2.05. The van der Waals surface area contributed by atoms with Crippen LogP contribution in [0.3, 0.4) is 0 Å². The fraction of sp³-hybridized carbons (Fsp3) is 0.500. The number of aromatic nitrogens is 2. The number of amides is 2. The van der Waals surface area contributed by atoms with Gasteiger partial charge in [-0.15, -0.1) is 0 Å². The van der Waals surface area contributed by atoms with E-state index in [4.69, 9.17) is 5.73 Å². The zero-order chi connectivity index (χ0) is 13.0. The molecule has 0 aliphatic carbocycles. The third-order valence-corrected chi connectivity index (χ3v) is 2.09. The predicted octanol–water partition coefficient (Wildman–Crippen LogP) is -0.365. The Kier molecular flexibility index (Phi) is 4.08. The molecule has 17 heavy (non-hydrogen) atoms. The van der Waals surface area contributed by atoms with E-state index in [0.29, 0.717) is 0 Å². The van der Waals surface area contributed by atoms with Crippen molar-refractivity contribution in [3.63, 3.8) is 0 Å². The van der Waals surface area contributed by atoms with Gasteiger partial charge in [0.25, 0.3) is 5.91 Å². The maximum absolute atomic E-state index is 11.7. The minimum absolute atomic E-state index is 0.0286. The summed E-state index contributed by atoms with van der Waals surface area (Å²) in [5, 5.41) is 11.3. The molecule has 5 N–H and O–H groups in total. The second-order valence-electron chi connectivity index (χ2n) is 4.06. The quantitative estimate of drug-likeness (QED) is 0.574. The summed E-state index contributed by atoms with van der Waals surface area (Å²) in [6.45, 7) is 5.30. The van der Waals surface area contributed by atoms with Crippen LogP contribution in [0.1, 0.15) is 31.1 Å². The number of aromatic amines is 1. The van der Waals surface area contributed by atoms with Crippen molar-refractivity contribution in [2.75, 3.05) is 5.73 Å². The van der Waals surface area contributed by atoms with Gasteiger partial charge in [0, 0.05) is 6.04 Å². The van der Waals surface area contributed by atoms with Crippen LogP contribution in [0.4, 0.5) is 5.82 Å². The molecule has 7 nitrogen and oxygen atoms in total. The monoisotopic (exact) mass is 239 g/mol. The number of nitrogens with zero attached hydrogens (tertiary/aromatic N) is 1. The minimum atomic E-state index is -0.626. The average molecular weight is 239 g/mol. The Morgan fingerprint density at radius 3 is 2.47 bits per heavy atom. The molecule has 1 rings (SSSR count). The molecule has 2 amide bonds. The number of hydrogen-bond acceptors (Lipinski definition) is 4. The van der Waals surface area contributed by atoms with Crippen molar-refractivity contribution >= 4 is 17.6 Å². The molecular weight excluding hydrogens is 222 g/mol. The second-order valence-corrected chi connectivity index (χ2v) is 4.06. The number of nitrogens with two attached hydrogens (primary N) is 1. The average Bonchev–Trinajstić information content (AvgIpc) is 2.63. The van der Waals surface area contributed by atoms with Crippen molar-refractivity contribution in [1.82, 2.24) is 20.8 Å². The van der Waals surface area contributed by atoms with Gasteiger partial charge in [-0.2, -0.15) is 5.10 Å². The van der Waals surface area contributed by atoms with Gasteiger partial charge in [-0.3, -0.25) is 14.7 Å². The summed E-state index contributed by atoms with van der Waals surface area (Å²) >= 11 is 0. The van der Waals surface area contributed by atoms with E-state index in [1.807, 2.05) is 13.8 Å². The van der Waals surface area contributed by atoms with Gasteiger partial charge < -0.3 is 16.4 Å². The summed E-state index contributed by atoms with van der Waals surface area (Å²) in [5.41, 5.74) is 5.73. The Morgan fingerprint density at radius 1 is 1.35 bits per heavy atom. The molecule has 0 bridgehead atoms. The highest BCUT2D eigenvalue weighted by molar-refractivity contribution is 6.00. The van der Waals surface area contributed by atoms with E-state index in [9.17, 15) is 9.59 Å². The number of nitrogens with one attached hydrogen (secondary N) is 3. The molecular formula is C10H17N5O2. The number of rotatable bonds is 4. The third kappa shape index (κ3) is 3.47. The first kappa shape index (κ1) is 13.0. The van der Waals surface area contributed by atoms with E-state index >= 15 is 0 Å². The van der Waals surface area contributed by atoms with Gasteiger partial charge in [0.05, 0.1) is 6.20 Å². The first-order chi connectivity index (χ1) is 7.91. The van der Waals surface area contributed by atoms with Crippen molar-refractivity contribution in [3.8, 4) is 0 Å². The van der Waals surface area contributed by atoms with Crippen molar-refractivity contribution in [1.29, 1.82) is 0 Å². The Labute approximate surface area is 99.1 Å². The van der Waals surface area contributed by atoms with Crippen LogP contribution < -0.4 is 16.4 Å². The molecule has 1 unspecified atom stereocenters. The van der Waals surface area contributed by atoms with Gasteiger partial charge in [0.15, 0.2) is 0 Å².